The molecule has 3 aromatic rings. The highest BCUT2D eigenvalue weighted by molar-refractivity contribution is 5.82. The molecule has 0 amide bonds. The summed E-state index contributed by atoms with van der Waals surface area (Å²) >= 11 is 0. The number of anilines is 2. The van der Waals surface area contributed by atoms with Crippen LogP contribution >= 0.6 is 0 Å². The molecule has 1 aliphatic rings. The van der Waals surface area contributed by atoms with Crippen molar-refractivity contribution in [3.8, 4) is 0 Å². The highest BCUT2D eigenvalue weighted by Crippen LogP contribution is 2.33. The molecule has 0 saturated carbocycles. The van der Waals surface area contributed by atoms with Crippen molar-refractivity contribution in [2.75, 3.05) is 17.2 Å². The number of hydrogen-bond donors (Lipinski definition) is 1. The van der Waals surface area contributed by atoms with E-state index in [1.54, 1.807) is 0 Å². The lowest BCUT2D eigenvalue weighted by atomic mass is 10.1. The van der Waals surface area contributed by atoms with Gasteiger partial charge in [0, 0.05) is 41.6 Å². The molecule has 3 nitrogen and oxygen atoms in total. The largest absolute Gasteiger partial charge is 0.398 e. The predicted octanol–water partition coefficient (Wildman–Crippen LogP) is 3.38. The minimum Gasteiger partial charge on any atom is -0.398 e. The first-order valence-corrected chi connectivity index (χ1v) is 7.28. The van der Waals surface area contributed by atoms with Crippen LogP contribution in [0.3, 0.4) is 0 Å². The minimum absolute atomic E-state index is 0.880. The summed E-state index contributed by atoms with van der Waals surface area (Å²) in [7, 11) is 0. The Morgan fingerprint density at radius 1 is 1.05 bits per heavy atom. The second kappa shape index (κ2) is 4.77. The van der Waals surface area contributed by atoms with E-state index in [4.69, 9.17) is 5.73 Å². The zero-order chi connectivity index (χ0) is 14.2. The first-order valence-electron chi connectivity index (χ1n) is 7.28. The Morgan fingerprint density at radius 3 is 2.86 bits per heavy atom. The summed E-state index contributed by atoms with van der Waals surface area (Å²) in [5.74, 6) is 0. The number of fused-ring (bicyclic) bond motifs is 2. The number of hydrogen-bond acceptors (Lipinski definition) is 3. The summed E-state index contributed by atoms with van der Waals surface area (Å²) in [6.07, 6.45) is 2.89. The lowest BCUT2D eigenvalue weighted by Crippen LogP contribution is -2.19. The van der Waals surface area contributed by atoms with Crippen molar-refractivity contribution in [3.63, 3.8) is 0 Å². The SMILES string of the molecule is Nc1cccc2c1CCN2Cc1cccc2cccnc12. The van der Waals surface area contributed by atoms with Gasteiger partial charge in [-0.1, -0.05) is 30.3 Å². The van der Waals surface area contributed by atoms with Gasteiger partial charge in [0.05, 0.1) is 5.52 Å². The summed E-state index contributed by atoms with van der Waals surface area (Å²) in [4.78, 5) is 6.94. The van der Waals surface area contributed by atoms with Crippen molar-refractivity contribution in [2.24, 2.45) is 0 Å². The van der Waals surface area contributed by atoms with Crippen molar-refractivity contribution >= 4 is 22.3 Å². The standard InChI is InChI=1S/C18H17N3/c19-16-7-2-8-17-15(16)9-11-21(17)12-14-5-1-4-13-6-3-10-20-18(13)14/h1-8,10H,9,11-12,19H2. The molecule has 0 saturated heterocycles. The van der Waals surface area contributed by atoms with Gasteiger partial charge < -0.3 is 10.6 Å². The molecule has 0 unspecified atom stereocenters. The van der Waals surface area contributed by atoms with Crippen LogP contribution in [-0.2, 0) is 13.0 Å². The average molecular weight is 275 g/mol. The Bertz CT molecular complexity index is 805. The molecule has 0 spiro atoms. The van der Waals surface area contributed by atoms with Gasteiger partial charge in [0.2, 0.25) is 0 Å². The van der Waals surface area contributed by atoms with E-state index < -0.39 is 0 Å². The van der Waals surface area contributed by atoms with Crippen LogP contribution in [0.25, 0.3) is 10.9 Å². The zero-order valence-corrected chi connectivity index (χ0v) is 11.8. The number of nitrogen functional groups attached to an aromatic ring is 1. The average Bonchev–Trinajstić information content (AvgIpc) is 2.92. The van der Waals surface area contributed by atoms with Crippen LogP contribution in [0.15, 0.2) is 54.7 Å². The van der Waals surface area contributed by atoms with Gasteiger partial charge in [-0.2, -0.15) is 0 Å². The van der Waals surface area contributed by atoms with Crippen molar-refractivity contribution in [3.05, 3.63) is 65.9 Å². The summed E-state index contributed by atoms with van der Waals surface area (Å²) in [6, 6.07) is 16.7. The molecular weight excluding hydrogens is 258 g/mol. The summed E-state index contributed by atoms with van der Waals surface area (Å²) in [6.45, 7) is 1.90. The monoisotopic (exact) mass is 275 g/mol. The molecule has 0 radical (unpaired) electrons. The second-order valence-electron chi connectivity index (χ2n) is 5.51. The van der Waals surface area contributed by atoms with Crippen LogP contribution in [-0.4, -0.2) is 11.5 Å². The number of rotatable bonds is 2. The molecule has 0 bridgehead atoms. The first kappa shape index (κ1) is 12.2. The van der Waals surface area contributed by atoms with E-state index in [9.17, 15) is 0 Å². The number of benzene rings is 2. The van der Waals surface area contributed by atoms with Crippen LogP contribution in [0, 0.1) is 0 Å². The fraction of sp³-hybridized carbons (Fsp3) is 0.167. The smallest absolute Gasteiger partial charge is 0.0751 e. The molecular formula is C18H17N3. The molecule has 2 heterocycles. The van der Waals surface area contributed by atoms with Crippen LogP contribution in [0.4, 0.5) is 11.4 Å². The second-order valence-corrected chi connectivity index (χ2v) is 5.51. The lowest BCUT2D eigenvalue weighted by molar-refractivity contribution is 0.839. The van der Waals surface area contributed by atoms with Crippen LogP contribution in [0.2, 0.25) is 0 Å². The number of aromatic nitrogens is 1. The Labute approximate surface area is 124 Å². The Hall–Kier alpha value is -2.55. The molecule has 21 heavy (non-hydrogen) atoms. The van der Waals surface area contributed by atoms with E-state index in [1.165, 1.54) is 22.2 Å². The van der Waals surface area contributed by atoms with Gasteiger partial charge in [-0.25, -0.2) is 0 Å². The normalized spacial score (nSPS) is 13.6. The fourth-order valence-corrected chi connectivity index (χ4v) is 3.19. The molecule has 1 aromatic heterocycles. The predicted molar refractivity (Wildman–Crippen MR) is 87.4 cm³/mol. The molecule has 2 N–H and O–H groups in total. The topological polar surface area (TPSA) is 42.1 Å². The third kappa shape index (κ3) is 2.02. The van der Waals surface area contributed by atoms with Gasteiger partial charge in [-0.3, -0.25) is 4.98 Å². The Kier molecular flexibility index (Phi) is 2.78. The van der Waals surface area contributed by atoms with E-state index in [2.05, 4.69) is 40.2 Å². The molecule has 0 atom stereocenters. The third-order valence-corrected chi connectivity index (χ3v) is 4.24. The Morgan fingerprint density at radius 2 is 1.90 bits per heavy atom. The lowest BCUT2D eigenvalue weighted by Gasteiger charge is -2.20. The summed E-state index contributed by atoms with van der Waals surface area (Å²) in [5, 5.41) is 1.20. The van der Waals surface area contributed by atoms with E-state index in [0.717, 1.165) is 30.7 Å². The van der Waals surface area contributed by atoms with E-state index in [-0.39, 0.29) is 0 Å². The molecule has 1 aliphatic heterocycles. The van der Waals surface area contributed by atoms with Crippen LogP contribution in [0.1, 0.15) is 11.1 Å². The maximum atomic E-state index is 6.08. The number of nitrogens with zero attached hydrogens (tertiary/aromatic N) is 2. The first-order chi connectivity index (χ1) is 10.3. The van der Waals surface area contributed by atoms with E-state index in [0.29, 0.717) is 0 Å². The maximum Gasteiger partial charge on any atom is 0.0751 e. The molecule has 2 aromatic carbocycles. The van der Waals surface area contributed by atoms with Crippen molar-refractivity contribution < 1.29 is 0 Å². The van der Waals surface area contributed by atoms with Crippen molar-refractivity contribution in [2.45, 2.75) is 13.0 Å². The highest BCUT2D eigenvalue weighted by Gasteiger charge is 2.21. The van der Waals surface area contributed by atoms with Crippen molar-refractivity contribution in [1.82, 2.24) is 4.98 Å². The van der Waals surface area contributed by atoms with Crippen molar-refractivity contribution in [1.29, 1.82) is 0 Å². The molecule has 0 aliphatic carbocycles. The minimum atomic E-state index is 0.880. The van der Waals surface area contributed by atoms with Gasteiger partial charge in [-0.15, -0.1) is 0 Å². The number of para-hydroxylation sites is 1. The van der Waals surface area contributed by atoms with Crippen LogP contribution < -0.4 is 10.6 Å². The fourth-order valence-electron chi connectivity index (χ4n) is 3.19. The molecule has 4 rings (SSSR count). The van der Waals surface area contributed by atoms with E-state index >= 15 is 0 Å². The molecule has 104 valence electrons. The summed E-state index contributed by atoms with van der Waals surface area (Å²) < 4.78 is 0. The highest BCUT2D eigenvalue weighted by atomic mass is 15.1. The van der Waals surface area contributed by atoms with Gasteiger partial charge >= 0.3 is 0 Å². The quantitative estimate of drug-likeness (QED) is 0.729. The van der Waals surface area contributed by atoms with Crippen LogP contribution in [0.5, 0.6) is 0 Å². The van der Waals surface area contributed by atoms with Gasteiger partial charge in [0.15, 0.2) is 0 Å². The number of nitrogens with two attached hydrogens (primary N) is 1. The van der Waals surface area contributed by atoms with Gasteiger partial charge in [-0.05, 0) is 30.2 Å². The Balaban J connectivity index is 1.73. The van der Waals surface area contributed by atoms with Gasteiger partial charge in [0.1, 0.15) is 0 Å². The van der Waals surface area contributed by atoms with E-state index in [1.807, 2.05) is 24.4 Å². The summed E-state index contributed by atoms with van der Waals surface area (Å²) in [5.41, 5.74) is 11.9. The third-order valence-electron chi connectivity index (χ3n) is 4.24. The molecule has 0 fully saturated rings. The maximum absolute atomic E-state index is 6.08. The molecule has 3 heteroatoms. The zero-order valence-electron chi connectivity index (χ0n) is 11.8. The van der Waals surface area contributed by atoms with Gasteiger partial charge in [0.25, 0.3) is 0 Å². The number of pyridine rings is 1.